The summed E-state index contributed by atoms with van der Waals surface area (Å²) < 4.78 is 0. The Balaban J connectivity index is 1.92. The Kier molecular flexibility index (Phi) is 4.61. The molecule has 3 nitrogen and oxygen atoms in total. The molecule has 0 unspecified atom stereocenters. The van der Waals surface area contributed by atoms with Crippen LogP contribution in [-0.4, -0.2) is 17.4 Å². The van der Waals surface area contributed by atoms with Crippen LogP contribution in [0.1, 0.15) is 26.6 Å². The second-order valence-corrected chi connectivity index (χ2v) is 5.94. The van der Waals surface area contributed by atoms with E-state index in [9.17, 15) is 4.79 Å². The Hall–Kier alpha value is -1.33. The third kappa shape index (κ3) is 3.81. The summed E-state index contributed by atoms with van der Waals surface area (Å²) in [6, 6.07) is 5.58. The number of thiol groups is 1. The largest absolute Gasteiger partial charge is 0.352 e. The average molecular weight is 292 g/mol. The highest BCUT2D eigenvalue weighted by molar-refractivity contribution is 7.80. The molecule has 0 aliphatic rings. The first kappa shape index (κ1) is 14.1. The fourth-order valence-corrected chi connectivity index (χ4v) is 2.63. The van der Waals surface area contributed by atoms with Crippen molar-refractivity contribution >= 4 is 29.9 Å². The van der Waals surface area contributed by atoms with Crippen LogP contribution >= 0.6 is 24.0 Å². The molecule has 0 bridgehead atoms. The highest BCUT2D eigenvalue weighted by Gasteiger charge is 2.09. The molecule has 0 aliphatic carbocycles. The molecule has 0 radical (unpaired) electrons. The van der Waals surface area contributed by atoms with E-state index in [0.717, 1.165) is 27.6 Å². The molecule has 1 heterocycles. The van der Waals surface area contributed by atoms with Gasteiger partial charge in [0, 0.05) is 28.8 Å². The van der Waals surface area contributed by atoms with Crippen molar-refractivity contribution in [1.29, 1.82) is 0 Å². The molecule has 0 atom stereocenters. The molecule has 0 aliphatic heterocycles. The quantitative estimate of drug-likeness (QED) is 0.851. The summed E-state index contributed by atoms with van der Waals surface area (Å²) in [6.07, 6.45) is 0.760. The minimum absolute atomic E-state index is 0.0552. The summed E-state index contributed by atoms with van der Waals surface area (Å²) in [6.45, 7) is 4.50. The number of nitrogens with one attached hydrogen (secondary N) is 1. The number of benzene rings is 1. The van der Waals surface area contributed by atoms with Crippen molar-refractivity contribution < 1.29 is 4.79 Å². The van der Waals surface area contributed by atoms with E-state index < -0.39 is 0 Å². The van der Waals surface area contributed by atoms with Gasteiger partial charge in [0.15, 0.2) is 0 Å². The summed E-state index contributed by atoms with van der Waals surface area (Å²) in [7, 11) is 0. The van der Waals surface area contributed by atoms with Gasteiger partial charge >= 0.3 is 0 Å². The molecule has 2 aromatic rings. The Labute approximate surface area is 122 Å². The first-order chi connectivity index (χ1) is 9.06. The van der Waals surface area contributed by atoms with Crippen molar-refractivity contribution in [3.8, 4) is 0 Å². The lowest BCUT2D eigenvalue weighted by atomic mass is 10.1. The molecule has 0 saturated carbocycles. The first-order valence-corrected chi connectivity index (χ1v) is 7.38. The van der Waals surface area contributed by atoms with Gasteiger partial charge < -0.3 is 5.32 Å². The predicted molar refractivity (Wildman–Crippen MR) is 81.3 cm³/mol. The highest BCUT2D eigenvalue weighted by atomic mass is 32.1. The second-order valence-electron chi connectivity index (χ2n) is 4.36. The van der Waals surface area contributed by atoms with Crippen LogP contribution in [-0.2, 0) is 6.42 Å². The van der Waals surface area contributed by atoms with Crippen LogP contribution in [0.3, 0.4) is 0 Å². The Bertz CT molecular complexity index is 593. The van der Waals surface area contributed by atoms with Crippen LogP contribution in [0, 0.1) is 13.8 Å². The number of rotatable bonds is 4. The number of carbonyl (C=O) groups is 1. The van der Waals surface area contributed by atoms with E-state index in [-0.39, 0.29) is 5.91 Å². The number of carbonyl (C=O) groups excluding carboxylic acids is 1. The average Bonchev–Trinajstić information content (AvgIpc) is 2.78. The van der Waals surface area contributed by atoms with Crippen LogP contribution in [0.25, 0.3) is 0 Å². The van der Waals surface area contributed by atoms with Gasteiger partial charge in [0.05, 0.1) is 10.7 Å². The molecule has 0 spiro atoms. The molecule has 1 aromatic heterocycles. The van der Waals surface area contributed by atoms with Crippen molar-refractivity contribution in [3.05, 3.63) is 45.4 Å². The highest BCUT2D eigenvalue weighted by Crippen LogP contribution is 2.14. The van der Waals surface area contributed by atoms with Gasteiger partial charge in [-0.15, -0.1) is 24.0 Å². The predicted octanol–water partition coefficient (Wildman–Crippen LogP) is 3.02. The summed E-state index contributed by atoms with van der Waals surface area (Å²) in [4.78, 5) is 17.2. The van der Waals surface area contributed by atoms with Crippen molar-refractivity contribution in [2.45, 2.75) is 25.2 Å². The van der Waals surface area contributed by atoms with Crippen molar-refractivity contribution in [1.82, 2.24) is 10.3 Å². The molecule has 0 fully saturated rings. The molecule has 1 amide bonds. The number of nitrogens with zero attached hydrogens (tertiary/aromatic N) is 1. The minimum Gasteiger partial charge on any atom is -0.352 e. The van der Waals surface area contributed by atoms with Crippen molar-refractivity contribution in [2.75, 3.05) is 6.54 Å². The maximum absolute atomic E-state index is 12.1. The maximum Gasteiger partial charge on any atom is 0.251 e. The van der Waals surface area contributed by atoms with Crippen LogP contribution in [0.5, 0.6) is 0 Å². The molecule has 0 saturated heterocycles. The zero-order valence-electron chi connectivity index (χ0n) is 10.9. The Morgan fingerprint density at radius 1 is 1.42 bits per heavy atom. The zero-order chi connectivity index (χ0) is 13.8. The number of amides is 1. The van der Waals surface area contributed by atoms with E-state index in [0.29, 0.717) is 12.1 Å². The molecular formula is C14H16N2OS2. The number of hydrogen-bond donors (Lipinski definition) is 2. The number of hydrogen-bond acceptors (Lipinski definition) is 4. The standard InChI is InChI=1S/C14H16N2OS2/c1-9-3-4-12(18)7-13(9)14(17)15-6-5-11-8-19-10(2)16-11/h3-4,7-8,18H,5-6H2,1-2H3,(H,15,17). The first-order valence-electron chi connectivity index (χ1n) is 6.05. The molecule has 1 N–H and O–H groups in total. The summed E-state index contributed by atoms with van der Waals surface area (Å²) in [5, 5.41) is 6.00. The van der Waals surface area contributed by atoms with Gasteiger partial charge in [-0.05, 0) is 31.5 Å². The van der Waals surface area contributed by atoms with E-state index in [2.05, 4.69) is 22.9 Å². The Morgan fingerprint density at radius 3 is 2.89 bits per heavy atom. The van der Waals surface area contributed by atoms with E-state index in [4.69, 9.17) is 0 Å². The number of aryl methyl sites for hydroxylation is 2. The van der Waals surface area contributed by atoms with Gasteiger partial charge in [-0.25, -0.2) is 4.98 Å². The summed E-state index contributed by atoms with van der Waals surface area (Å²) >= 11 is 5.89. The van der Waals surface area contributed by atoms with Crippen LogP contribution in [0.2, 0.25) is 0 Å². The fraction of sp³-hybridized carbons (Fsp3) is 0.286. The fourth-order valence-electron chi connectivity index (χ4n) is 1.78. The van der Waals surface area contributed by atoms with Crippen LogP contribution in [0.15, 0.2) is 28.5 Å². The van der Waals surface area contributed by atoms with Crippen LogP contribution in [0.4, 0.5) is 0 Å². The van der Waals surface area contributed by atoms with Gasteiger partial charge in [0.25, 0.3) is 5.91 Å². The van der Waals surface area contributed by atoms with Gasteiger partial charge in [-0.2, -0.15) is 0 Å². The monoisotopic (exact) mass is 292 g/mol. The number of thiazole rings is 1. The topological polar surface area (TPSA) is 42.0 Å². The van der Waals surface area contributed by atoms with Crippen molar-refractivity contribution in [2.24, 2.45) is 0 Å². The van der Waals surface area contributed by atoms with E-state index in [1.807, 2.05) is 31.4 Å². The summed E-state index contributed by atoms with van der Waals surface area (Å²) in [5.41, 5.74) is 2.67. The molecule has 19 heavy (non-hydrogen) atoms. The number of aromatic nitrogens is 1. The SMILES string of the molecule is Cc1nc(CCNC(=O)c2cc(S)ccc2C)cs1. The molecule has 1 aromatic carbocycles. The zero-order valence-corrected chi connectivity index (χ0v) is 12.6. The Morgan fingerprint density at radius 2 is 2.21 bits per heavy atom. The van der Waals surface area contributed by atoms with E-state index in [1.165, 1.54) is 0 Å². The second kappa shape index (κ2) is 6.21. The normalized spacial score (nSPS) is 10.5. The van der Waals surface area contributed by atoms with Crippen molar-refractivity contribution in [3.63, 3.8) is 0 Å². The van der Waals surface area contributed by atoms with E-state index in [1.54, 1.807) is 17.4 Å². The van der Waals surface area contributed by atoms with Gasteiger partial charge in [0.2, 0.25) is 0 Å². The van der Waals surface area contributed by atoms with Crippen LogP contribution < -0.4 is 5.32 Å². The van der Waals surface area contributed by atoms with E-state index >= 15 is 0 Å². The molecular weight excluding hydrogens is 276 g/mol. The minimum atomic E-state index is -0.0552. The van der Waals surface area contributed by atoms with Gasteiger partial charge in [0.1, 0.15) is 0 Å². The lowest BCUT2D eigenvalue weighted by molar-refractivity contribution is 0.0953. The lowest BCUT2D eigenvalue weighted by Crippen LogP contribution is -2.26. The molecule has 5 heteroatoms. The van der Waals surface area contributed by atoms with Gasteiger partial charge in [-0.3, -0.25) is 4.79 Å². The van der Waals surface area contributed by atoms with Gasteiger partial charge in [-0.1, -0.05) is 6.07 Å². The third-order valence-electron chi connectivity index (χ3n) is 2.80. The molecule has 2 rings (SSSR count). The lowest BCUT2D eigenvalue weighted by Gasteiger charge is -2.07. The maximum atomic E-state index is 12.1. The third-order valence-corrected chi connectivity index (χ3v) is 3.90. The summed E-state index contributed by atoms with van der Waals surface area (Å²) in [5.74, 6) is -0.0552. The smallest absolute Gasteiger partial charge is 0.251 e. The molecule has 100 valence electrons.